The highest BCUT2D eigenvalue weighted by Crippen LogP contribution is 2.24. The molecule has 4 nitrogen and oxygen atoms in total. The predicted octanol–water partition coefficient (Wildman–Crippen LogP) is 1.59. The summed E-state index contributed by atoms with van der Waals surface area (Å²) in [5.41, 5.74) is 0. The predicted molar refractivity (Wildman–Crippen MR) is 72.3 cm³/mol. The van der Waals surface area contributed by atoms with E-state index in [1.807, 2.05) is 6.92 Å². The minimum Gasteiger partial charge on any atom is -0.393 e. The number of amides is 2. The van der Waals surface area contributed by atoms with E-state index in [9.17, 15) is 9.90 Å². The van der Waals surface area contributed by atoms with E-state index in [4.69, 9.17) is 0 Å². The number of hydrogen-bond acceptors (Lipinski definition) is 3. The fourth-order valence-corrected chi connectivity index (χ4v) is 2.71. The second-order valence-corrected chi connectivity index (χ2v) is 5.78. The fraction of sp³-hybridized carbons (Fsp3) is 0.917. The Kier molecular flexibility index (Phi) is 6.73. The molecular weight excluding hydrogens is 236 g/mol. The van der Waals surface area contributed by atoms with Crippen LogP contribution in [0.2, 0.25) is 0 Å². The van der Waals surface area contributed by atoms with Crippen LogP contribution in [0.1, 0.15) is 32.6 Å². The monoisotopic (exact) mass is 260 g/mol. The van der Waals surface area contributed by atoms with Gasteiger partial charge in [-0.25, -0.2) is 4.79 Å². The summed E-state index contributed by atoms with van der Waals surface area (Å²) in [6.45, 7) is 2.60. The highest BCUT2D eigenvalue weighted by Gasteiger charge is 2.25. The van der Waals surface area contributed by atoms with E-state index in [2.05, 4.69) is 16.9 Å². The van der Waals surface area contributed by atoms with Crippen LogP contribution in [0.25, 0.3) is 0 Å². The summed E-state index contributed by atoms with van der Waals surface area (Å²) in [6, 6.07) is 0.0913. The Hall–Kier alpha value is -0.420. The van der Waals surface area contributed by atoms with Gasteiger partial charge < -0.3 is 15.7 Å². The van der Waals surface area contributed by atoms with E-state index in [0.29, 0.717) is 6.54 Å². The van der Waals surface area contributed by atoms with Crippen molar-refractivity contribution < 1.29 is 9.90 Å². The van der Waals surface area contributed by atoms with Crippen LogP contribution in [-0.4, -0.2) is 41.8 Å². The summed E-state index contributed by atoms with van der Waals surface area (Å²) in [5, 5.41) is 15.4. The van der Waals surface area contributed by atoms with Gasteiger partial charge in [-0.2, -0.15) is 11.8 Å². The zero-order valence-corrected chi connectivity index (χ0v) is 11.6. The topological polar surface area (TPSA) is 61.4 Å². The molecule has 0 heterocycles. The van der Waals surface area contributed by atoms with Gasteiger partial charge >= 0.3 is 6.03 Å². The maximum Gasteiger partial charge on any atom is 0.315 e. The van der Waals surface area contributed by atoms with Crippen LogP contribution in [0.3, 0.4) is 0 Å². The number of nitrogens with one attached hydrogen (secondary N) is 2. The van der Waals surface area contributed by atoms with Gasteiger partial charge in [0.05, 0.1) is 6.10 Å². The molecule has 0 bridgehead atoms. The molecule has 0 aliphatic heterocycles. The van der Waals surface area contributed by atoms with Crippen molar-refractivity contribution in [3.8, 4) is 0 Å². The number of urea groups is 1. The largest absolute Gasteiger partial charge is 0.393 e. The molecule has 3 unspecified atom stereocenters. The minimum absolute atomic E-state index is 0.113. The molecule has 5 heteroatoms. The van der Waals surface area contributed by atoms with Crippen LogP contribution in [-0.2, 0) is 0 Å². The third kappa shape index (κ3) is 5.64. The van der Waals surface area contributed by atoms with Crippen LogP contribution in [0.4, 0.5) is 4.79 Å². The molecule has 0 aromatic heterocycles. The van der Waals surface area contributed by atoms with Gasteiger partial charge in [-0.05, 0) is 38.2 Å². The number of carbonyl (C=O) groups excluding carboxylic acids is 1. The van der Waals surface area contributed by atoms with Crippen molar-refractivity contribution in [2.24, 2.45) is 5.92 Å². The van der Waals surface area contributed by atoms with Gasteiger partial charge in [0.2, 0.25) is 0 Å². The highest BCUT2D eigenvalue weighted by atomic mass is 32.2. The minimum atomic E-state index is -0.232. The average molecular weight is 260 g/mol. The number of rotatable bonds is 6. The highest BCUT2D eigenvalue weighted by molar-refractivity contribution is 7.98. The van der Waals surface area contributed by atoms with Crippen LogP contribution >= 0.6 is 11.8 Å². The lowest BCUT2D eigenvalue weighted by Crippen LogP contribution is -2.43. The standard InChI is InChI=1S/C12H24N2O2S/c1-9(6-7-17-2)14-12(16)13-8-10-4-3-5-11(10)15/h9-11,15H,3-8H2,1-2H3,(H2,13,14,16). The fourth-order valence-electron chi connectivity index (χ4n) is 2.12. The van der Waals surface area contributed by atoms with Crippen molar-refractivity contribution in [3.05, 3.63) is 0 Å². The van der Waals surface area contributed by atoms with Crippen molar-refractivity contribution in [1.29, 1.82) is 0 Å². The first kappa shape index (κ1) is 14.6. The molecule has 1 rings (SSSR count). The van der Waals surface area contributed by atoms with E-state index in [0.717, 1.165) is 31.4 Å². The zero-order valence-electron chi connectivity index (χ0n) is 10.7. The van der Waals surface area contributed by atoms with Crippen molar-refractivity contribution in [3.63, 3.8) is 0 Å². The van der Waals surface area contributed by atoms with Gasteiger partial charge in [-0.15, -0.1) is 0 Å². The summed E-state index contributed by atoms with van der Waals surface area (Å²) in [5.74, 6) is 1.30. The van der Waals surface area contributed by atoms with Gasteiger partial charge in [-0.3, -0.25) is 0 Å². The van der Waals surface area contributed by atoms with E-state index in [1.165, 1.54) is 0 Å². The van der Waals surface area contributed by atoms with E-state index in [1.54, 1.807) is 11.8 Å². The summed E-state index contributed by atoms with van der Waals surface area (Å²) < 4.78 is 0. The van der Waals surface area contributed by atoms with Gasteiger partial charge in [0, 0.05) is 18.5 Å². The molecule has 100 valence electrons. The van der Waals surface area contributed by atoms with Crippen molar-refractivity contribution in [2.45, 2.75) is 44.8 Å². The maximum atomic E-state index is 11.6. The summed E-state index contributed by atoms with van der Waals surface area (Å²) in [7, 11) is 0. The maximum absolute atomic E-state index is 11.6. The number of thioether (sulfide) groups is 1. The Morgan fingerprint density at radius 1 is 1.53 bits per heavy atom. The molecule has 2 amide bonds. The molecule has 0 radical (unpaired) electrons. The molecule has 3 atom stereocenters. The van der Waals surface area contributed by atoms with Gasteiger partial charge in [-0.1, -0.05) is 6.42 Å². The lowest BCUT2D eigenvalue weighted by molar-refractivity contribution is 0.132. The molecule has 1 saturated carbocycles. The molecule has 0 aromatic rings. The number of hydrogen-bond donors (Lipinski definition) is 3. The summed E-state index contributed by atoms with van der Waals surface area (Å²) in [4.78, 5) is 11.6. The Bertz CT molecular complexity index is 239. The van der Waals surface area contributed by atoms with Crippen LogP contribution in [0.15, 0.2) is 0 Å². The molecule has 1 fully saturated rings. The second kappa shape index (κ2) is 7.82. The Morgan fingerprint density at radius 3 is 2.88 bits per heavy atom. The van der Waals surface area contributed by atoms with Crippen molar-refractivity contribution in [1.82, 2.24) is 10.6 Å². The number of aliphatic hydroxyl groups is 1. The molecule has 3 N–H and O–H groups in total. The lowest BCUT2D eigenvalue weighted by Gasteiger charge is -2.17. The molecule has 17 heavy (non-hydrogen) atoms. The summed E-state index contributed by atoms with van der Waals surface area (Å²) >= 11 is 1.79. The first-order valence-corrected chi connectivity index (χ1v) is 7.74. The third-order valence-electron chi connectivity index (χ3n) is 3.28. The molecule has 0 spiro atoms. The Morgan fingerprint density at radius 2 is 2.29 bits per heavy atom. The SMILES string of the molecule is CSCCC(C)NC(=O)NCC1CCCC1O. The zero-order chi connectivity index (χ0) is 12.7. The van der Waals surface area contributed by atoms with Crippen LogP contribution < -0.4 is 10.6 Å². The summed E-state index contributed by atoms with van der Waals surface area (Å²) in [6.07, 6.45) is 5.78. The second-order valence-electron chi connectivity index (χ2n) is 4.80. The van der Waals surface area contributed by atoms with E-state index >= 15 is 0 Å². The van der Waals surface area contributed by atoms with Crippen LogP contribution in [0.5, 0.6) is 0 Å². The quantitative estimate of drug-likeness (QED) is 0.679. The van der Waals surface area contributed by atoms with E-state index < -0.39 is 0 Å². The van der Waals surface area contributed by atoms with Gasteiger partial charge in [0.25, 0.3) is 0 Å². The van der Waals surface area contributed by atoms with Crippen molar-refractivity contribution >= 4 is 17.8 Å². The molecule has 0 saturated heterocycles. The molecule has 0 aromatic carbocycles. The first-order chi connectivity index (χ1) is 8.13. The lowest BCUT2D eigenvalue weighted by atomic mass is 10.1. The normalized spacial score (nSPS) is 25.6. The molecular formula is C12H24N2O2S. The number of carbonyl (C=O) groups is 1. The average Bonchev–Trinajstić information content (AvgIpc) is 2.69. The molecule has 1 aliphatic rings. The Labute approximate surface area is 108 Å². The van der Waals surface area contributed by atoms with E-state index in [-0.39, 0.29) is 24.1 Å². The van der Waals surface area contributed by atoms with Crippen LogP contribution in [0, 0.1) is 5.92 Å². The third-order valence-corrected chi connectivity index (χ3v) is 3.92. The van der Waals surface area contributed by atoms with Gasteiger partial charge in [0.1, 0.15) is 0 Å². The van der Waals surface area contributed by atoms with Gasteiger partial charge in [0.15, 0.2) is 0 Å². The first-order valence-electron chi connectivity index (χ1n) is 6.35. The van der Waals surface area contributed by atoms with Crippen molar-refractivity contribution in [2.75, 3.05) is 18.6 Å². The smallest absolute Gasteiger partial charge is 0.315 e. The number of aliphatic hydroxyl groups excluding tert-OH is 1. The molecule has 1 aliphatic carbocycles. The Balaban J connectivity index is 2.12.